The van der Waals surface area contributed by atoms with Crippen molar-refractivity contribution < 1.29 is 23.2 Å². The van der Waals surface area contributed by atoms with E-state index in [1.807, 2.05) is 6.07 Å². The Morgan fingerprint density at radius 2 is 1.60 bits per heavy atom. The Hall–Kier alpha value is -4.37. The molecule has 0 bridgehead atoms. The van der Waals surface area contributed by atoms with Crippen LogP contribution in [0.1, 0.15) is 80.9 Å². The van der Waals surface area contributed by atoms with Crippen molar-refractivity contribution in [1.29, 1.82) is 10.5 Å². The maximum absolute atomic E-state index is 13.2. The van der Waals surface area contributed by atoms with Gasteiger partial charge in [0, 0.05) is 6.54 Å². The number of nitrogens with zero attached hydrogens (tertiary/aromatic N) is 6. The monoisotopic (exact) mass is 725 g/mol. The van der Waals surface area contributed by atoms with Crippen LogP contribution in [0, 0.1) is 43.1 Å². The van der Waals surface area contributed by atoms with Crippen molar-refractivity contribution in [3.63, 3.8) is 0 Å². The van der Waals surface area contributed by atoms with Gasteiger partial charge in [-0.15, -0.1) is 0 Å². The number of carbonyl (C=O) groups is 2. The van der Waals surface area contributed by atoms with Gasteiger partial charge in [0.1, 0.15) is 17.1 Å². The van der Waals surface area contributed by atoms with Gasteiger partial charge in [-0.3, -0.25) is 18.9 Å². The minimum Gasteiger partial charge on any atom is -0.309 e. The zero-order chi connectivity index (χ0) is 36.9. The minimum absolute atomic E-state index is 0.210. The van der Waals surface area contributed by atoms with E-state index in [-0.39, 0.29) is 36.1 Å². The van der Waals surface area contributed by atoms with Gasteiger partial charge < -0.3 is 4.90 Å². The van der Waals surface area contributed by atoms with Gasteiger partial charge in [0.05, 0.1) is 53.0 Å². The first-order chi connectivity index (χ1) is 24.0. The Balaban J connectivity index is 0.000000227. The molecule has 0 radical (unpaired) electrons. The summed E-state index contributed by atoms with van der Waals surface area (Å²) in [5, 5.41) is 21.7. The fraction of sp³-hybridized carbons (Fsp3) is 0.500. The molecule has 0 aromatic heterocycles. The first-order valence-corrected chi connectivity index (χ1v) is 17.1. The Morgan fingerprint density at radius 3 is 2.16 bits per heavy atom. The van der Waals surface area contributed by atoms with Crippen LogP contribution in [-0.4, -0.2) is 60.4 Å². The molecule has 2 aliphatic carbocycles. The molecule has 1 saturated heterocycles. The van der Waals surface area contributed by atoms with Crippen molar-refractivity contribution in [2.45, 2.75) is 89.1 Å². The molecule has 2 saturated carbocycles. The summed E-state index contributed by atoms with van der Waals surface area (Å²) in [7, 11) is 0. The molecular weight excluding hydrogens is 687 g/mol. The molecule has 50 heavy (non-hydrogen) atoms. The van der Waals surface area contributed by atoms with Crippen LogP contribution in [0.2, 0.25) is 10.0 Å². The fourth-order valence-electron chi connectivity index (χ4n) is 6.52. The van der Waals surface area contributed by atoms with Crippen LogP contribution in [0.15, 0.2) is 29.3 Å². The van der Waals surface area contributed by atoms with Crippen molar-refractivity contribution >= 4 is 58.3 Å². The number of anilines is 1. The summed E-state index contributed by atoms with van der Waals surface area (Å²) in [6, 6.07) is 10.1. The summed E-state index contributed by atoms with van der Waals surface area (Å²) in [4.78, 5) is 45.5. The zero-order valence-electron chi connectivity index (χ0n) is 28.1. The van der Waals surface area contributed by atoms with Crippen molar-refractivity contribution in [2.75, 3.05) is 31.3 Å². The molecule has 3 amide bonds. The zero-order valence-corrected chi connectivity index (χ0v) is 29.6. The quantitative estimate of drug-likeness (QED) is 0.0902. The van der Waals surface area contributed by atoms with Crippen LogP contribution in [0.4, 0.5) is 30.6 Å². The number of rotatable bonds is 9. The number of isocyanates is 1. The molecule has 1 spiro atoms. The lowest BCUT2D eigenvalue weighted by atomic mass is 9.95. The molecule has 1 aliphatic heterocycles. The number of aliphatic imine (C=N–C) groups is 1. The molecule has 3 aliphatic rings. The molecule has 264 valence electrons. The average molecular weight is 727 g/mol. The van der Waals surface area contributed by atoms with Crippen molar-refractivity contribution in [1.82, 2.24) is 10.2 Å². The Labute approximate surface area is 301 Å². The van der Waals surface area contributed by atoms with E-state index < -0.39 is 18.2 Å². The number of hydrogen-bond donors (Lipinski definition) is 1. The van der Waals surface area contributed by atoms with E-state index in [1.54, 1.807) is 26.0 Å². The van der Waals surface area contributed by atoms with Crippen LogP contribution >= 0.6 is 23.2 Å². The molecule has 14 heteroatoms. The van der Waals surface area contributed by atoms with Crippen LogP contribution in [-0.2, 0) is 9.59 Å². The van der Waals surface area contributed by atoms with Gasteiger partial charge in [0.25, 0.3) is 5.91 Å². The van der Waals surface area contributed by atoms with Gasteiger partial charge in [-0.25, -0.2) is 19.3 Å². The predicted octanol–water partition coefficient (Wildman–Crippen LogP) is 8.90. The molecular formula is C36H39Cl2F2N7O3. The second kappa shape index (κ2) is 18.6. The highest BCUT2D eigenvalue weighted by Gasteiger charge is 2.58. The lowest BCUT2D eigenvalue weighted by Gasteiger charge is -2.30. The highest BCUT2D eigenvalue weighted by Crippen LogP contribution is 2.45. The Kier molecular flexibility index (Phi) is 14.9. The van der Waals surface area contributed by atoms with E-state index in [9.17, 15) is 23.2 Å². The molecule has 2 aromatic carbocycles. The topological polar surface area (TPSA) is 134 Å². The summed E-state index contributed by atoms with van der Waals surface area (Å²) in [5.74, 6) is -0.266. The van der Waals surface area contributed by atoms with E-state index in [1.165, 1.54) is 23.1 Å². The highest BCUT2D eigenvalue weighted by molar-refractivity contribution is 6.34. The fourth-order valence-corrected chi connectivity index (χ4v) is 6.92. The number of nitriles is 2. The molecule has 0 atom stereocenters. The molecule has 10 nitrogen and oxygen atoms in total. The van der Waals surface area contributed by atoms with Crippen LogP contribution in [0.25, 0.3) is 4.85 Å². The van der Waals surface area contributed by atoms with Crippen molar-refractivity contribution in [3.05, 3.63) is 62.4 Å². The summed E-state index contributed by atoms with van der Waals surface area (Å²) < 4.78 is 24.5. The first kappa shape index (κ1) is 40.1. The largest absolute Gasteiger partial charge is 0.332 e. The molecule has 3 fully saturated rings. The third-order valence-electron chi connectivity index (χ3n) is 9.27. The highest BCUT2D eigenvalue weighted by atomic mass is 35.5. The second-order valence-corrected chi connectivity index (χ2v) is 13.0. The summed E-state index contributed by atoms with van der Waals surface area (Å²) in [6.45, 7) is 10.2. The number of amides is 3. The van der Waals surface area contributed by atoms with Gasteiger partial charge in [0.15, 0.2) is 5.69 Å². The van der Waals surface area contributed by atoms with Crippen LogP contribution in [0.5, 0.6) is 0 Å². The van der Waals surface area contributed by atoms with Gasteiger partial charge in [0.2, 0.25) is 6.08 Å². The molecule has 1 N–H and O–H groups in total. The summed E-state index contributed by atoms with van der Waals surface area (Å²) in [6.07, 6.45) is 9.16. The number of alkyl halides is 2. The van der Waals surface area contributed by atoms with Gasteiger partial charge in [-0.05, 0) is 88.2 Å². The van der Waals surface area contributed by atoms with Crippen molar-refractivity contribution in [3.8, 4) is 12.1 Å². The Bertz CT molecular complexity index is 1730. The molecule has 2 aromatic rings. The van der Waals surface area contributed by atoms with E-state index in [0.717, 1.165) is 43.4 Å². The van der Waals surface area contributed by atoms with E-state index >= 15 is 0 Å². The van der Waals surface area contributed by atoms with E-state index in [0.29, 0.717) is 64.6 Å². The lowest BCUT2D eigenvalue weighted by Crippen LogP contribution is -2.47. The number of urea groups is 1. The Morgan fingerprint density at radius 1 is 0.960 bits per heavy atom. The molecule has 0 unspecified atom stereocenters. The smallest absolute Gasteiger partial charge is 0.309 e. The first-order valence-electron chi connectivity index (χ1n) is 16.4. The SMILES string of the molecule is Cc1c(N2C(=O)N(CCCF)C3(CCCC3)C2=O)ccc(C#N)c1Cl.N#CC1(NCCCF)CCCC1.[C-]#[N+]c1ccc(N=C=O)c(Cl)c1C. The third-order valence-corrected chi connectivity index (χ3v) is 10.2. The predicted molar refractivity (Wildman–Crippen MR) is 188 cm³/mol. The summed E-state index contributed by atoms with van der Waals surface area (Å²) in [5.41, 5.74) is 1.47. The number of nitrogens with one attached hydrogen (secondary N) is 1. The average Bonchev–Trinajstić information content (AvgIpc) is 3.85. The number of halogens is 4. The number of hydrogen-bond acceptors (Lipinski definition) is 7. The second-order valence-electron chi connectivity index (χ2n) is 12.3. The van der Waals surface area contributed by atoms with Gasteiger partial charge in [-0.2, -0.15) is 15.5 Å². The number of benzene rings is 2. The third kappa shape index (κ3) is 8.67. The number of imide groups is 1. The van der Waals surface area contributed by atoms with E-state index in [2.05, 4.69) is 21.2 Å². The van der Waals surface area contributed by atoms with Crippen molar-refractivity contribution in [2.24, 2.45) is 4.99 Å². The standard InChI is InChI=1S/C18H19ClFN3O2.C9H5ClN2O.C9H15FN2/c1-12-14(6-5-13(11-21)15(12)19)23-16(24)18(7-2-3-8-18)22(17(23)25)10-4-9-20;1-6-7(11-2)3-4-8(9(6)10)12-5-13;10-6-3-7-12-9(8-11)4-1-2-5-9/h5-6H,2-4,7-10H2,1H3;3-4H,1H3;12H,1-7H2. The number of carbonyl (C=O) groups excluding carboxylic acids is 3. The maximum Gasteiger partial charge on any atom is 0.332 e. The molecule has 5 rings (SSSR count). The van der Waals surface area contributed by atoms with Gasteiger partial charge >= 0.3 is 6.03 Å². The van der Waals surface area contributed by atoms with Crippen LogP contribution < -0.4 is 10.2 Å². The molecule has 1 heterocycles. The van der Waals surface area contributed by atoms with Gasteiger partial charge in [-0.1, -0.05) is 55.0 Å². The maximum atomic E-state index is 13.2. The lowest BCUT2D eigenvalue weighted by molar-refractivity contribution is -0.124. The normalized spacial score (nSPS) is 16.8. The van der Waals surface area contributed by atoms with Crippen LogP contribution in [0.3, 0.4) is 0 Å². The van der Waals surface area contributed by atoms with E-state index in [4.69, 9.17) is 40.3 Å². The minimum atomic E-state index is -0.862. The summed E-state index contributed by atoms with van der Waals surface area (Å²) >= 11 is 12.0.